The first-order valence-electron chi connectivity index (χ1n) is 3.62. The zero-order valence-electron chi connectivity index (χ0n) is 6.50. The highest BCUT2D eigenvalue weighted by atomic mass is 32.1. The average molecular weight is 172 g/mol. The summed E-state index contributed by atoms with van der Waals surface area (Å²) in [7, 11) is 0. The smallest absolute Gasteiger partial charge is 0.221 e. The lowest BCUT2D eigenvalue weighted by molar-refractivity contribution is 0.672. The van der Waals surface area contributed by atoms with Crippen molar-refractivity contribution >= 4 is 17.5 Å². The number of nitrogens with one attached hydrogen (secondary N) is 1. The minimum atomic E-state index is 0.290. The summed E-state index contributed by atoms with van der Waals surface area (Å²) in [5, 5.41) is 7.20. The van der Waals surface area contributed by atoms with Crippen LogP contribution >= 0.6 is 11.5 Å². The Labute approximate surface area is 69.3 Å². The highest BCUT2D eigenvalue weighted by Crippen LogP contribution is 2.02. The second kappa shape index (κ2) is 3.52. The van der Waals surface area contributed by atoms with Gasteiger partial charge in [-0.25, -0.2) is 0 Å². The van der Waals surface area contributed by atoms with E-state index in [1.54, 1.807) is 0 Å². The molecule has 0 spiro atoms. The molecular weight excluding hydrogens is 160 g/mol. The van der Waals surface area contributed by atoms with E-state index in [4.69, 9.17) is 11.1 Å². The van der Waals surface area contributed by atoms with Gasteiger partial charge in [-0.1, -0.05) is 13.3 Å². The van der Waals surface area contributed by atoms with E-state index in [-0.39, 0.29) is 0 Å². The second-order valence-corrected chi connectivity index (χ2v) is 3.33. The molecule has 0 bridgehead atoms. The summed E-state index contributed by atoms with van der Waals surface area (Å²) in [5.74, 6) is 0.466. The molecule has 0 saturated carbocycles. The van der Waals surface area contributed by atoms with Crippen LogP contribution in [-0.2, 0) is 6.54 Å². The molecule has 1 heterocycles. The van der Waals surface area contributed by atoms with E-state index in [2.05, 4.69) is 11.9 Å². The van der Waals surface area contributed by atoms with E-state index < -0.39 is 0 Å². The number of hydrogen-bond acceptors (Lipinski definition) is 4. The number of nitrogens with zero attached hydrogens (tertiary/aromatic N) is 2. The average Bonchev–Trinajstić information content (AvgIpc) is 2.26. The first kappa shape index (κ1) is 8.26. The van der Waals surface area contributed by atoms with Gasteiger partial charge in [-0.2, -0.15) is 4.98 Å². The van der Waals surface area contributed by atoms with Crippen LogP contribution in [0.3, 0.4) is 0 Å². The second-order valence-electron chi connectivity index (χ2n) is 2.32. The Bertz CT molecular complexity index is 274. The molecule has 0 aliphatic heterocycles. The summed E-state index contributed by atoms with van der Waals surface area (Å²) >= 11 is 1.30. The summed E-state index contributed by atoms with van der Waals surface area (Å²) in [6, 6.07) is 0. The summed E-state index contributed by atoms with van der Waals surface area (Å²) in [4.78, 5) is 4.08. The number of unbranched alkanes of at least 4 members (excludes halogenated alkanes) is 1. The first-order valence-corrected chi connectivity index (χ1v) is 4.39. The Kier molecular flexibility index (Phi) is 2.64. The largest absolute Gasteiger partial charge is 0.368 e. The van der Waals surface area contributed by atoms with Gasteiger partial charge in [-0.3, -0.25) is 9.37 Å². The van der Waals surface area contributed by atoms with Gasteiger partial charge >= 0.3 is 0 Å². The minimum Gasteiger partial charge on any atom is -0.368 e. The molecule has 0 unspecified atom stereocenters. The van der Waals surface area contributed by atoms with E-state index >= 15 is 0 Å². The van der Waals surface area contributed by atoms with Crippen molar-refractivity contribution in [2.24, 2.45) is 0 Å². The van der Waals surface area contributed by atoms with Gasteiger partial charge < -0.3 is 5.73 Å². The number of nitrogens with two attached hydrogens (primary N) is 1. The maximum atomic E-state index is 7.20. The standard InChI is InChI=1S/C6H12N4S/c1-2-3-4-10-5(7)9-6(8)11-10/h2-4H2,1H3,(H3,7,8,9). The molecule has 0 amide bonds. The fourth-order valence-electron chi connectivity index (χ4n) is 0.793. The first-order chi connectivity index (χ1) is 5.24. The fraction of sp³-hybridized carbons (Fsp3) is 0.667. The van der Waals surface area contributed by atoms with Crippen LogP contribution in [0.1, 0.15) is 19.8 Å². The molecule has 1 aromatic heterocycles. The van der Waals surface area contributed by atoms with Crippen LogP contribution < -0.4 is 10.5 Å². The number of aryl methyl sites for hydroxylation is 1. The van der Waals surface area contributed by atoms with Gasteiger partial charge in [0.25, 0.3) is 0 Å². The quantitative estimate of drug-likeness (QED) is 0.708. The molecular formula is C6H12N4S. The van der Waals surface area contributed by atoms with Crippen molar-refractivity contribution in [1.82, 2.24) is 8.94 Å². The summed E-state index contributed by atoms with van der Waals surface area (Å²) in [6.45, 7) is 3.01. The van der Waals surface area contributed by atoms with Gasteiger partial charge in [-0.05, 0) is 18.0 Å². The van der Waals surface area contributed by atoms with E-state index in [1.807, 2.05) is 3.96 Å². The van der Waals surface area contributed by atoms with E-state index in [1.165, 1.54) is 11.5 Å². The SMILES string of the molecule is CCCCn1sc(=N)nc1N. The number of rotatable bonds is 3. The van der Waals surface area contributed by atoms with Crippen molar-refractivity contribution < 1.29 is 0 Å². The molecule has 0 aliphatic rings. The van der Waals surface area contributed by atoms with Gasteiger partial charge in [-0.15, -0.1) is 0 Å². The molecule has 1 rings (SSSR count). The number of hydrogen-bond donors (Lipinski definition) is 2. The Morgan fingerprint density at radius 3 is 2.91 bits per heavy atom. The molecule has 11 heavy (non-hydrogen) atoms. The minimum absolute atomic E-state index is 0.290. The number of nitrogen functional groups attached to an aromatic ring is 1. The maximum absolute atomic E-state index is 7.20. The Hall–Kier alpha value is -0.840. The van der Waals surface area contributed by atoms with Crippen molar-refractivity contribution in [3.8, 4) is 0 Å². The lowest BCUT2D eigenvalue weighted by Gasteiger charge is -1.98. The molecule has 5 heteroatoms. The number of aromatic nitrogens is 2. The van der Waals surface area contributed by atoms with Gasteiger partial charge in [0, 0.05) is 6.54 Å². The van der Waals surface area contributed by atoms with Crippen molar-refractivity contribution in [3.05, 3.63) is 4.80 Å². The van der Waals surface area contributed by atoms with Crippen LogP contribution in [0, 0.1) is 5.41 Å². The third-order valence-corrected chi connectivity index (χ3v) is 2.24. The lowest BCUT2D eigenvalue weighted by Crippen LogP contribution is -2.00. The monoisotopic (exact) mass is 172 g/mol. The zero-order chi connectivity index (χ0) is 8.27. The highest BCUT2D eigenvalue weighted by Gasteiger charge is 1.98. The van der Waals surface area contributed by atoms with E-state index in [0.717, 1.165) is 19.4 Å². The van der Waals surface area contributed by atoms with Crippen molar-refractivity contribution in [3.63, 3.8) is 0 Å². The van der Waals surface area contributed by atoms with Gasteiger partial charge in [0.2, 0.25) is 10.7 Å². The zero-order valence-corrected chi connectivity index (χ0v) is 7.32. The van der Waals surface area contributed by atoms with Crippen molar-refractivity contribution in [2.45, 2.75) is 26.3 Å². The van der Waals surface area contributed by atoms with Crippen LogP contribution in [0.5, 0.6) is 0 Å². The Morgan fingerprint density at radius 2 is 2.45 bits per heavy atom. The summed E-state index contributed by atoms with van der Waals surface area (Å²) in [6.07, 6.45) is 2.23. The van der Waals surface area contributed by atoms with E-state index in [9.17, 15) is 0 Å². The Balaban J connectivity index is 2.69. The molecule has 4 nitrogen and oxygen atoms in total. The topological polar surface area (TPSA) is 67.7 Å². The van der Waals surface area contributed by atoms with Gasteiger partial charge in [0.15, 0.2) is 0 Å². The number of anilines is 1. The van der Waals surface area contributed by atoms with Crippen LogP contribution in [0.2, 0.25) is 0 Å². The predicted octanol–water partition coefficient (Wildman–Crippen LogP) is 0.806. The maximum Gasteiger partial charge on any atom is 0.221 e. The van der Waals surface area contributed by atoms with Crippen LogP contribution in [0.15, 0.2) is 0 Å². The lowest BCUT2D eigenvalue weighted by atomic mass is 10.3. The third kappa shape index (κ3) is 2.04. The van der Waals surface area contributed by atoms with Crippen molar-refractivity contribution in [1.29, 1.82) is 5.41 Å². The molecule has 3 N–H and O–H groups in total. The molecule has 0 saturated heterocycles. The molecule has 0 atom stereocenters. The molecule has 1 aromatic rings. The molecule has 0 aromatic carbocycles. The predicted molar refractivity (Wildman–Crippen MR) is 45.3 cm³/mol. The van der Waals surface area contributed by atoms with Crippen LogP contribution in [-0.4, -0.2) is 8.94 Å². The fourth-order valence-corrected chi connectivity index (χ4v) is 1.49. The van der Waals surface area contributed by atoms with Crippen LogP contribution in [0.4, 0.5) is 5.95 Å². The third-order valence-electron chi connectivity index (χ3n) is 1.38. The Morgan fingerprint density at radius 1 is 1.73 bits per heavy atom. The molecule has 0 aliphatic carbocycles. The van der Waals surface area contributed by atoms with Gasteiger partial charge in [0.1, 0.15) is 0 Å². The summed E-state index contributed by atoms with van der Waals surface area (Å²) in [5.41, 5.74) is 5.52. The molecule has 0 radical (unpaired) electrons. The molecule has 0 fully saturated rings. The normalized spacial score (nSPS) is 10.3. The van der Waals surface area contributed by atoms with E-state index in [0.29, 0.717) is 10.7 Å². The van der Waals surface area contributed by atoms with Crippen LogP contribution in [0.25, 0.3) is 0 Å². The molecule has 62 valence electrons. The van der Waals surface area contributed by atoms with Gasteiger partial charge in [0.05, 0.1) is 0 Å². The highest BCUT2D eigenvalue weighted by molar-refractivity contribution is 7.03. The summed E-state index contributed by atoms with van der Waals surface area (Å²) < 4.78 is 1.85. The van der Waals surface area contributed by atoms with Crippen molar-refractivity contribution in [2.75, 3.05) is 5.73 Å².